The van der Waals surface area contributed by atoms with Gasteiger partial charge in [0.1, 0.15) is 5.54 Å². The van der Waals surface area contributed by atoms with Crippen LogP contribution in [0.25, 0.3) is 0 Å². The SMILES string of the molecule is CC(C)C[C@@](C(=O)O)(N(C)CC(CCCC(=O)C(=O)O)(OCCCC(=O)C(=O)O)C(=O)O)C(CCCC(=O)C(=O)O)(CCCC(=O)C(=O)O)C(=O)C(=O)O. The van der Waals surface area contributed by atoms with Gasteiger partial charge in [0, 0.05) is 38.8 Å². The summed E-state index contributed by atoms with van der Waals surface area (Å²) in [5.41, 5.74) is -8.21. The molecule has 0 saturated carbocycles. The molecule has 0 aromatic rings. The molecule has 2 atom stereocenters. The Balaban J connectivity index is 7.81. The van der Waals surface area contributed by atoms with Gasteiger partial charge < -0.3 is 40.5 Å². The van der Waals surface area contributed by atoms with E-state index in [1.54, 1.807) is 0 Å². The molecule has 0 aromatic heterocycles. The first-order valence-electron chi connectivity index (χ1n) is 16.5. The van der Waals surface area contributed by atoms with Crippen LogP contribution in [0.15, 0.2) is 0 Å². The van der Waals surface area contributed by atoms with Gasteiger partial charge >= 0.3 is 41.8 Å². The van der Waals surface area contributed by atoms with Crippen molar-refractivity contribution in [1.82, 2.24) is 4.90 Å². The van der Waals surface area contributed by atoms with Gasteiger partial charge in [-0.05, 0) is 64.3 Å². The highest BCUT2D eigenvalue weighted by Crippen LogP contribution is 2.50. The van der Waals surface area contributed by atoms with E-state index in [1.165, 1.54) is 13.8 Å². The molecule has 0 aliphatic rings. The van der Waals surface area contributed by atoms with Gasteiger partial charge in [-0.3, -0.25) is 33.7 Å². The fraction of sp³-hybridized carbons (Fsp3) is 0.636. The quantitative estimate of drug-likeness (QED) is 0.0364. The van der Waals surface area contributed by atoms with Crippen LogP contribution < -0.4 is 0 Å². The number of carboxylic acids is 7. The average Bonchev–Trinajstić information content (AvgIpc) is 3.06. The van der Waals surface area contributed by atoms with Crippen LogP contribution in [-0.4, -0.2) is 143 Å². The number of carbonyl (C=O) groups excluding carboxylic acids is 5. The number of likely N-dealkylation sites (N-methyl/N-ethyl adjacent to an activating group) is 1. The molecule has 0 amide bonds. The van der Waals surface area contributed by atoms with Crippen LogP contribution in [-0.2, 0) is 62.3 Å². The van der Waals surface area contributed by atoms with Gasteiger partial charge in [-0.1, -0.05) is 13.8 Å². The number of carbonyl (C=O) groups is 12. The van der Waals surface area contributed by atoms with E-state index in [9.17, 15) is 72.9 Å². The Hall–Kier alpha value is -5.44. The minimum Gasteiger partial charge on any atom is -0.480 e. The van der Waals surface area contributed by atoms with Crippen LogP contribution in [0.2, 0.25) is 0 Å². The molecule has 54 heavy (non-hydrogen) atoms. The minimum atomic E-state index is -2.82. The molecule has 0 aromatic carbocycles. The summed E-state index contributed by atoms with van der Waals surface area (Å²) in [4.78, 5) is 146. The first-order valence-corrected chi connectivity index (χ1v) is 16.5. The Labute approximate surface area is 307 Å². The summed E-state index contributed by atoms with van der Waals surface area (Å²) in [7, 11) is 0.975. The van der Waals surface area contributed by atoms with Crippen LogP contribution in [0, 0.1) is 11.3 Å². The van der Waals surface area contributed by atoms with Crippen LogP contribution in [0.5, 0.6) is 0 Å². The third-order valence-corrected chi connectivity index (χ3v) is 8.89. The van der Waals surface area contributed by atoms with Crippen LogP contribution >= 0.6 is 0 Å². The average molecular weight is 776 g/mol. The van der Waals surface area contributed by atoms with Crippen molar-refractivity contribution in [2.24, 2.45) is 11.3 Å². The van der Waals surface area contributed by atoms with Crippen molar-refractivity contribution >= 4 is 70.7 Å². The Morgan fingerprint density at radius 1 is 0.537 bits per heavy atom. The summed E-state index contributed by atoms with van der Waals surface area (Å²) in [5.74, 6) is -21.5. The molecule has 0 rings (SSSR count). The molecule has 0 saturated heterocycles. The first kappa shape index (κ1) is 48.6. The summed E-state index contributed by atoms with van der Waals surface area (Å²) in [5, 5.41) is 67.8. The number of ether oxygens (including phenoxy) is 1. The topological polar surface area (TPSA) is 359 Å². The number of hydrogen-bond donors (Lipinski definition) is 7. The first-order chi connectivity index (χ1) is 24.8. The van der Waals surface area contributed by atoms with Crippen LogP contribution in [0.3, 0.4) is 0 Å². The van der Waals surface area contributed by atoms with Crippen molar-refractivity contribution in [2.75, 3.05) is 20.2 Å². The number of ketones is 5. The van der Waals surface area contributed by atoms with Crippen molar-refractivity contribution in [1.29, 1.82) is 0 Å². The number of Topliss-reactive ketones (excluding diaryl/α,β-unsaturated/α-hetero) is 5. The van der Waals surface area contributed by atoms with Crippen molar-refractivity contribution in [2.45, 2.75) is 102 Å². The van der Waals surface area contributed by atoms with Gasteiger partial charge in [-0.2, -0.15) is 0 Å². The van der Waals surface area contributed by atoms with Gasteiger partial charge in [-0.15, -0.1) is 0 Å². The van der Waals surface area contributed by atoms with E-state index in [0.717, 1.165) is 11.9 Å². The molecule has 7 N–H and O–H groups in total. The van der Waals surface area contributed by atoms with Crippen LogP contribution in [0.1, 0.15) is 90.9 Å². The number of nitrogens with zero attached hydrogens (tertiary/aromatic N) is 1. The number of aliphatic carboxylic acids is 7. The van der Waals surface area contributed by atoms with Crippen molar-refractivity contribution in [3.63, 3.8) is 0 Å². The van der Waals surface area contributed by atoms with E-state index < -0.39 is 183 Å². The molecule has 0 bridgehead atoms. The lowest BCUT2D eigenvalue weighted by molar-refractivity contribution is -0.189. The minimum absolute atomic E-state index is 0.398. The lowest BCUT2D eigenvalue weighted by atomic mass is 9.57. The molecular formula is C33H45NO20. The second-order valence-electron chi connectivity index (χ2n) is 13.1. The van der Waals surface area contributed by atoms with E-state index in [1.807, 2.05) is 0 Å². The lowest BCUT2D eigenvalue weighted by Gasteiger charge is -2.53. The van der Waals surface area contributed by atoms with Crippen molar-refractivity contribution in [3.8, 4) is 0 Å². The Kier molecular flexibility index (Phi) is 19.2. The second kappa shape index (κ2) is 21.3. The second-order valence-corrected chi connectivity index (χ2v) is 13.1. The van der Waals surface area contributed by atoms with E-state index >= 15 is 0 Å². The molecule has 0 spiro atoms. The zero-order valence-electron chi connectivity index (χ0n) is 29.9. The van der Waals surface area contributed by atoms with E-state index in [4.69, 9.17) is 25.2 Å². The third-order valence-electron chi connectivity index (χ3n) is 8.89. The van der Waals surface area contributed by atoms with Crippen LogP contribution in [0.4, 0.5) is 0 Å². The Morgan fingerprint density at radius 3 is 1.22 bits per heavy atom. The standard InChI is InChI=1S/C33H45NO20/c1-18(2)16-33(30(52)53,31(23(39)28(48)49,12-4-8-19(35)24(40)41)13-5-9-20(36)25(42)43)34(3)17-32(29(50)51,14-6-10-21(37)26(44)45)54-15-7-11-22(38)27(46)47/h18H,4-17H2,1-3H3,(H,40,41)(H,42,43)(H,44,45)(H,46,47)(H,48,49)(H,50,51)(H,52,53)/t32?,33-/m0/s1. The number of carboxylic acid groups (broad SMARTS) is 7. The summed E-state index contributed by atoms with van der Waals surface area (Å²) >= 11 is 0. The molecule has 302 valence electrons. The summed E-state index contributed by atoms with van der Waals surface area (Å²) in [6.07, 6.45) is -8.40. The van der Waals surface area contributed by atoms with Gasteiger partial charge in [0.05, 0.1) is 5.41 Å². The number of rotatable bonds is 31. The summed E-state index contributed by atoms with van der Waals surface area (Å²) < 4.78 is 5.65. The maximum atomic E-state index is 13.9. The van der Waals surface area contributed by atoms with E-state index in [-0.39, 0.29) is 0 Å². The maximum Gasteiger partial charge on any atom is 0.372 e. The van der Waals surface area contributed by atoms with Crippen molar-refractivity contribution in [3.05, 3.63) is 0 Å². The van der Waals surface area contributed by atoms with Gasteiger partial charge in [0.15, 0.2) is 5.60 Å². The molecular weight excluding hydrogens is 730 g/mol. The van der Waals surface area contributed by atoms with E-state index in [0.29, 0.717) is 0 Å². The Morgan fingerprint density at radius 2 is 0.907 bits per heavy atom. The molecule has 0 aliphatic carbocycles. The van der Waals surface area contributed by atoms with E-state index in [2.05, 4.69) is 0 Å². The lowest BCUT2D eigenvalue weighted by Crippen LogP contribution is -2.70. The highest BCUT2D eigenvalue weighted by Gasteiger charge is 2.65. The number of hydrogen-bond acceptors (Lipinski definition) is 14. The predicted octanol–water partition coefficient (Wildman–Crippen LogP) is 0.174. The fourth-order valence-corrected chi connectivity index (χ4v) is 6.44. The highest BCUT2D eigenvalue weighted by molar-refractivity contribution is 6.36. The van der Waals surface area contributed by atoms with Gasteiger partial charge in [-0.25, -0.2) is 28.8 Å². The largest absolute Gasteiger partial charge is 0.480 e. The molecule has 0 radical (unpaired) electrons. The molecule has 21 nitrogen and oxygen atoms in total. The fourth-order valence-electron chi connectivity index (χ4n) is 6.44. The smallest absolute Gasteiger partial charge is 0.372 e. The van der Waals surface area contributed by atoms with Gasteiger partial charge in [0.25, 0.3) is 0 Å². The molecule has 0 fully saturated rings. The maximum absolute atomic E-state index is 13.9. The van der Waals surface area contributed by atoms with Crippen molar-refractivity contribution < 1.29 is 98.0 Å². The third kappa shape index (κ3) is 12.9. The highest BCUT2D eigenvalue weighted by atomic mass is 16.5. The van der Waals surface area contributed by atoms with Gasteiger partial charge in [0.2, 0.25) is 28.9 Å². The normalized spacial score (nSPS) is 13.6. The zero-order valence-corrected chi connectivity index (χ0v) is 29.9. The summed E-state index contributed by atoms with van der Waals surface area (Å²) in [6, 6.07) is 0. The molecule has 0 heterocycles. The monoisotopic (exact) mass is 775 g/mol. The predicted molar refractivity (Wildman–Crippen MR) is 175 cm³/mol. The zero-order chi connectivity index (χ0) is 42.2. The molecule has 1 unspecified atom stereocenters. The molecule has 0 aliphatic heterocycles. The Bertz CT molecular complexity index is 1480. The summed E-state index contributed by atoms with van der Waals surface area (Å²) in [6.45, 7) is 1.14. The molecule has 21 heteroatoms.